The summed E-state index contributed by atoms with van der Waals surface area (Å²) in [6.45, 7) is 13.0. The molecule has 2 heterocycles. The van der Waals surface area contributed by atoms with Crippen LogP contribution in [-0.4, -0.2) is 47.2 Å². The summed E-state index contributed by atoms with van der Waals surface area (Å²) in [5.74, 6) is -3.96. The minimum atomic E-state index is -0.839. The molecule has 5 aliphatic carbocycles. The molecule has 7 fully saturated rings. The molecule has 0 radical (unpaired) electrons. The Morgan fingerprint density at radius 1 is 0.889 bits per heavy atom. The van der Waals surface area contributed by atoms with Crippen LogP contribution in [0.25, 0.3) is 0 Å². The summed E-state index contributed by atoms with van der Waals surface area (Å²) in [5, 5.41) is 10.6. The van der Waals surface area contributed by atoms with Gasteiger partial charge in [-0.1, -0.05) is 98.1 Å². The molecule has 0 aromatic rings. The molecule has 302 valence electrons. The van der Waals surface area contributed by atoms with Gasteiger partial charge in [0.15, 0.2) is 0 Å². The third-order valence-electron chi connectivity index (χ3n) is 15.9. The summed E-state index contributed by atoms with van der Waals surface area (Å²) in [6.07, 6.45) is 19.4. The second-order valence-corrected chi connectivity index (χ2v) is 19.1. The summed E-state index contributed by atoms with van der Waals surface area (Å²) >= 11 is 0. The van der Waals surface area contributed by atoms with Gasteiger partial charge in [-0.15, -0.1) is 0 Å². The number of allylic oxidation sites excluding steroid dienone is 2. The van der Waals surface area contributed by atoms with Gasteiger partial charge in [-0.3, -0.25) is 24.0 Å². The Balaban J connectivity index is 1.37. The van der Waals surface area contributed by atoms with E-state index in [9.17, 15) is 29.1 Å². The average Bonchev–Trinajstić information content (AvgIpc) is 3.63. The smallest absolute Gasteiger partial charge is 0.318 e. The number of carboxylic acids is 1. The molecule has 54 heavy (non-hydrogen) atoms. The number of esters is 4. The van der Waals surface area contributed by atoms with Crippen molar-refractivity contribution in [1.82, 2.24) is 0 Å². The zero-order valence-electron chi connectivity index (χ0n) is 33.9. The topological polar surface area (TPSA) is 133 Å². The zero-order valence-corrected chi connectivity index (χ0v) is 33.9. The molecule has 0 aromatic carbocycles. The van der Waals surface area contributed by atoms with Crippen LogP contribution in [0.4, 0.5) is 0 Å². The van der Waals surface area contributed by atoms with Gasteiger partial charge in [-0.25, -0.2) is 0 Å². The third kappa shape index (κ3) is 7.15. The van der Waals surface area contributed by atoms with E-state index in [0.717, 1.165) is 51.4 Å². The van der Waals surface area contributed by atoms with E-state index in [0.29, 0.717) is 32.1 Å². The number of hydrogen-bond acceptors (Lipinski definition) is 8. The number of fused-ring (bicyclic) bond motifs is 2. The Kier molecular flexibility index (Phi) is 12.6. The van der Waals surface area contributed by atoms with Crippen LogP contribution in [0.3, 0.4) is 0 Å². The largest absolute Gasteiger partial charge is 0.481 e. The lowest BCUT2D eigenvalue weighted by atomic mass is 9.31. The van der Waals surface area contributed by atoms with Crippen molar-refractivity contribution >= 4 is 29.8 Å². The first-order valence-electron chi connectivity index (χ1n) is 21.8. The molecule has 2 bridgehead atoms. The molecule has 9 nitrogen and oxygen atoms in total. The first kappa shape index (κ1) is 41.1. The maximum absolute atomic E-state index is 14.0. The lowest BCUT2D eigenvalue weighted by Gasteiger charge is -2.72. The number of ether oxygens (including phenoxy) is 3. The molecule has 5 saturated carbocycles. The van der Waals surface area contributed by atoms with Gasteiger partial charge in [-0.05, 0) is 106 Å². The van der Waals surface area contributed by atoms with E-state index < -0.39 is 52.5 Å². The molecule has 1 N–H and O–H groups in total. The van der Waals surface area contributed by atoms with Gasteiger partial charge >= 0.3 is 29.8 Å². The van der Waals surface area contributed by atoms with E-state index in [-0.39, 0.29) is 65.5 Å². The molecule has 7 aliphatic rings. The quantitative estimate of drug-likeness (QED) is 0.0630. The Bertz CT molecular complexity index is 1450. The van der Waals surface area contributed by atoms with E-state index >= 15 is 0 Å². The molecule has 0 amide bonds. The fraction of sp³-hybridized carbons (Fsp3) is 0.844. The number of unbranched alkanes of at least 4 members (excludes halogenated alkanes) is 6. The highest BCUT2D eigenvalue weighted by Crippen LogP contribution is 2.76. The van der Waals surface area contributed by atoms with Crippen molar-refractivity contribution in [2.45, 2.75) is 169 Å². The first-order valence-corrected chi connectivity index (χ1v) is 21.8. The molecule has 0 aromatic heterocycles. The number of rotatable bonds is 18. The summed E-state index contributed by atoms with van der Waals surface area (Å²) in [5.41, 5.74) is -1.80. The highest BCUT2D eigenvalue weighted by atomic mass is 16.6. The van der Waals surface area contributed by atoms with Crippen molar-refractivity contribution in [2.75, 3.05) is 0 Å². The van der Waals surface area contributed by atoms with Crippen LogP contribution in [0.1, 0.15) is 157 Å². The van der Waals surface area contributed by atoms with Crippen LogP contribution >= 0.6 is 0 Å². The van der Waals surface area contributed by atoms with Crippen LogP contribution in [-0.2, 0) is 38.2 Å². The van der Waals surface area contributed by atoms with Crippen LogP contribution in [0.15, 0.2) is 12.2 Å². The van der Waals surface area contributed by atoms with Gasteiger partial charge in [0, 0.05) is 5.41 Å². The van der Waals surface area contributed by atoms with Crippen LogP contribution < -0.4 is 0 Å². The van der Waals surface area contributed by atoms with E-state index in [2.05, 4.69) is 46.8 Å². The van der Waals surface area contributed by atoms with Crippen LogP contribution in [0.2, 0.25) is 0 Å². The molecule has 1 spiro atoms. The second-order valence-electron chi connectivity index (χ2n) is 19.1. The lowest BCUT2D eigenvalue weighted by Crippen LogP contribution is -2.73. The SMILES string of the molecule is CCC/C=C/C(CCC(CCCCCCCC)OC1C(C(C)C)C2CC3C4(C)CCCC(C)(C(=O)O)C4CCC13C1C(=O)OC(=O)C21)C1CC(=O)OC1=O. The van der Waals surface area contributed by atoms with Gasteiger partial charge in [0.25, 0.3) is 0 Å². The number of carbonyl (C=O) groups is 5. The van der Waals surface area contributed by atoms with Gasteiger partial charge < -0.3 is 19.3 Å². The highest BCUT2D eigenvalue weighted by Gasteiger charge is 2.78. The molecular formula is C45H68O9. The average molecular weight is 753 g/mol. The first-order chi connectivity index (χ1) is 25.7. The molecule has 2 aliphatic heterocycles. The third-order valence-corrected chi connectivity index (χ3v) is 15.9. The monoisotopic (exact) mass is 752 g/mol. The van der Waals surface area contributed by atoms with Crippen molar-refractivity contribution in [3.63, 3.8) is 0 Å². The number of cyclic esters (lactones) is 4. The van der Waals surface area contributed by atoms with E-state index in [4.69, 9.17) is 14.2 Å². The van der Waals surface area contributed by atoms with E-state index in [1.54, 1.807) is 0 Å². The number of carboxylic acid groups (broad SMARTS) is 1. The summed E-state index contributed by atoms with van der Waals surface area (Å²) in [4.78, 5) is 65.7. The lowest BCUT2D eigenvalue weighted by molar-refractivity contribution is -0.296. The van der Waals surface area contributed by atoms with Crippen molar-refractivity contribution in [3.8, 4) is 0 Å². The summed E-state index contributed by atoms with van der Waals surface area (Å²) in [7, 11) is 0. The Morgan fingerprint density at radius 3 is 2.30 bits per heavy atom. The van der Waals surface area contributed by atoms with E-state index in [1.165, 1.54) is 25.7 Å². The summed E-state index contributed by atoms with van der Waals surface area (Å²) < 4.78 is 18.2. The molecule has 2 saturated heterocycles. The van der Waals surface area contributed by atoms with Crippen molar-refractivity contribution in [3.05, 3.63) is 12.2 Å². The maximum atomic E-state index is 14.0. The Hall–Kier alpha value is -2.55. The van der Waals surface area contributed by atoms with Crippen molar-refractivity contribution in [2.24, 2.45) is 69.5 Å². The fourth-order valence-electron chi connectivity index (χ4n) is 13.4. The normalized spacial score (nSPS) is 39.7. The minimum absolute atomic E-state index is 0.0283. The standard InChI is InChI=1S/C45H68O9/c1-7-9-11-12-13-15-18-29(20-19-28(17-14-10-8-2)30-26-34(46)53-39(30)47)52-38-35(27(3)4)31-25-33-43(5)22-16-23-44(6,42(50)51)32(43)21-24-45(33,38)37-36(31)40(48)54-41(37)49/h14,17,27-33,35-38H,7-13,15-16,18-26H2,1-6H3,(H,50,51)/b17-14+. The molecular weight excluding hydrogens is 684 g/mol. The number of hydrogen-bond donors (Lipinski definition) is 1. The number of aliphatic carboxylic acids is 1. The zero-order chi connectivity index (χ0) is 39.0. The summed E-state index contributed by atoms with van der Waals surface area (Å²) in [6, 6.07) is 0. The van der Waals surface area contributed by atoms with Gasteiger partial charge in [0.2, 0.25) is 0 Å². The minimum Gasteiger partial charge on any atom is -0.481 e. The molecule has 13 atom stereocenters. The van der Waals surface area contributed by atoms with Gasteiger partial charge in [0.05, 0.1) is 41.8 Å². The van der Waals surface area contributed by atoms with Crippen LogP contribution in [0.5, 0.6) is 0 Å². The number of carbonyl (C=O) groups excluding carboxylic acids is 4. The maximum Gasteiger partial charge on any atom is 0.318 e. The van der Waals surface area contributed by atoms with Gasteiger partial charge in [0.1, 0.15) is 0 Å². The molecule has 13 unspecified atom stereocenters. The molecule has 7 rings (SSSR count). The van der Waals surface area contributed by atoms with E-state index in [1.807, 2.05) is 6.92 Å². The Morgan fingerprint density at radius 2 is 1.63 bits per heavy atom. The second kappa shape index (κ2) is 16.5. The van der Waals surface area contributed by atoms with Gasteiger partial charge in [-0.2, -0.15) is 0 Å². The van der Waals surface area contributed by atoms with Crippen LogP contribution in [0, 0.1) is 69.5 Å². The fourth-order valence-corrected chi connectivity index (χ4v) is 13.4. The predicted octanol–water partition coefficient (Wildman–Crippen LogP) is 9.25. The Labute approximate surface area is 323 Å². The predicted molar refractivity (Wildman–Crippen MR) is 203 cm³/mol. The van der Waals surface area contributed by atoms with Crippen molar-refractivity contribution in [1.29, 1.82) is 0 Å². The van der Waals surface area contributed by atoms with Crippen molar-refractivity contribution < 1.29 is 43.3 Å². The molecule has 9 heteroatoms. The highest BCUT2D eigenvalue weighted by molar-refractivity contribution is 5.98.